The van der Waals surface area contributed by atoms with Gasteiger partial charge in [0.25, 0.3) is 0 Å². The maximum atomic E-state index is 12.7. The molecule has 1 saturated carbocycles. The molecule has 0 bridgehead atoms. The second-order valence-corrected chi connectivity index (χ2v) is 7.84. The third-order valence-corrected chi connectivity index (χ3v) is 5.48. The maximum absolute atomic E-state index is 12.7. The lowest BCUT2D eigenvalue weighted by Gasteiger charge is -2.41. The molecule has 2 nitrogen and oxygen atoms in total. The van der Waals surface area contributed by atoms with E-state index in [0.29, 0.717) is 11.8 Å². The molecule has 122 valence electrons. The fourth-order valence-electron chi connectivity index (χ4n) is 4.20. The molecule has 3 unspecified atom stereocenters. The van der Waals surface area contributed by atoms with Gasteiger partial charge in [0.1, 0.15) is 0 Å². The molecule has 1 fully saturated rings. The first-order chi connectivity index (χ1) is 10.3. The summed E-state index contributed by atoms with van der Waals surface area (Å²) in [7, 11) is 0. The van der Waals surface area contributed by atoms with Crippen molar-refractivity contribution in [3.8, 4) is 0 Å². The van der Waals surface area contributed by atoms with Crippen LogP contribution in [0.25, 0.3) is 0 Å². The Hall–Kier alpha value is -1.31. The Labute approximate surface area is 135 Å². The van der Waals surface area contributed by atoms with Crippen molar-refractivity contribution in [1.29, 1.82) is 0 Å². The van der Waals surface area contributed by atoms with E-state index in [1.54, 1.807) is 0 Å². The second kappa shape index (κ2) is 6.85. The van der Waals surface area contributed by atoms with E-state index in [9.17, 15) is 4.79 Å². The zero-order chi connectivity index (χ0) is 16.3. The predicted octanol–water partition coefficient (Wildman–Crippen LogP) is 4.68. The van der Waals surface area contributed by atoms with Crippen molar-refractivity contribution in [2.24, 2.45) is 17.3 Å². The van der Waals surface area contributed by atoms with Gasteiger partial charge in [-0.2, -0.15) is 0 Å². The number of aryl methyl sites for hydroxylation is 1. The molecule has 3 atom stereocenters. The summed E-state index contributed by atoms with van der Waals surface area (Å²) >= 11 is 0. The molecule has 1 aromatic rings. The molecule has 1 amide bonds. The van der Waals surface area contributed by atoms with Gasteiger partial charge in [-0.3, -0.25) is 4.79 Å². The molecule has 0 aromatic heterocycles. The molecule has 1 aromatic carbocycles. The van der Waals surface area contributed by atoms with Crippen LogP contribution in [0.15, 0.2) is 24.3 Å². The number of benzene rings is 1. The quantitative estimate of drug-likeness (QED) is 0.859. The van der Waals surface area contributed by atoms with Crippen LogP contribution in [0.2, 0.25) is 0 Å². The Kier molecular flexibility index (Phi) is 5.31. The molecule has 1 aliphatic rings. The molecular weight excluding hydrogens is 270 g/mol. The predicted molar refractivity (Wildman–Crippen MR) is 92.9 cm³/mol. The summed E-state index contributed by atoms with van der Waals surface area (Å²) < 4.78 is 0. The minimum atomic E-state index is 0.119. The highest BCUT2D eigenvalue weighted by Crippen LogP contribution is 2.43. The van der Waals surface area contributed by atoms with Crippen molar-refractivity contribution in [3.63, 3.8) is 0 Å². The number of hydrogen-bond acceptors (Lipinski definition) is 1. The molecular formula is C20H31NO. The highest BCUT2D eigenvalue weighted by molar-refractivity contribution is 5.80. The molecule has 0 aliphatic heterocycles. The normalized spacial score (nSPS) is 25.5. The zero-order valence-electron chi connectivity index (χ0n) is 14.8. The average Bonchev–Trinajstić information content (AvgIpc) is 2.44. The van der Waals surface area contributed by atoms with Crippen LogP contribution in [0, 0.1) is 24.2 Å². The van der Waals surface area contributed by atoms with Gasteiger partial charge in [-0.05, 0) is 48.1 Å². The van der Waals surface area contributed by atoms with Crippen LogP contribution >= 0.6 is 0 Å². The first-order valence-electron chi connectivity index (χ1n) is 8.66. The van der Waals surface area contributed by atoms with Crippen molar-refractivity contribution in [2.75, 3.05) is 6.54 Å². The van der Waals surface area contributed by atoms with Gasteiger partial charge in [-0.25, -0.2) is 0 Å². The highest BCUT2D eigenvalue weighted by Gasteiger charge is 2.41. The van der Waals surface area contributed by atoms with Crippen LogP contribution in [0.1, 0.15) is 64.0 Å². The van der Waals surface area contributed by atoms with Crippen molar-refractivity contribution < 1.29 is 4.79 Å². The highest BCUT2D eigenvalue weighted by atomic mass is 16.1. The lowest BCUT2D eigenvalue weighted by Crippen LogP contribution is -2.45. The fourth-order valence-corrected chi connectivity index (χ4v) is 4.20. The minimum Gasteiger partial charge on any atom is -0.355 e. The summed E-state index contributed by atoms with van der Waals surface area (Å²) in [6, 6.07) is 8.45. The molecule has 0 spiro atoms. The summed E-state index contributed by atoms with van der Waals surface area (Å²) in [6.45, 7) is 11.8. The molecule has 1 aliphatic carbocycles. The third kappa shape index (κ3) is 3.71. The van der Waals surface area contributed by atoms with Crippen LogP contribution in [0.4, 0.5) is 0 Å². The monoisotopic (exact) mass is 301 g/mol. The van der Waals surface area contributed by atoms with Crippen LogP contribution in [0.5, 0.6) is 0 Å². The number of amides is 1. The second-order valence-electron chi connectivity index (χ2n) is 7.84. The van der Waals surface area contributed by atoms with Gasteiger partial charge < -0.3 is 5.32 Å². The van der Waals surface area contributed by atoms with Crippen LogP contribution < -0.4 is 5.32 Å². The van der Waals surface area contributed by atoms with Gasteiger partial charge in [-0.1, -0.05) is 58.4 Å². The number of rotatable bonds is 4. The van der Waals surface area contributed by atoms with Gasteiger partial charge in [0.05, 0.1) is 0 Å². The minimum absolute atomic E-state index is 0.119. The van der Waals surface area contributed by atoms with Crippen molar-refractivity contribution in [3.05, 3.63) is 35.4 Å². The molecule has 0 saturated heterocycles. The first-order valence-corrected chi connectivity index (χ1v) is 8.66. The number of carbonyl (C=O) groups is 1. The van der Waals surface area contributed by atoms with Crippen LogP contribution in [0.3, 0.4) is 0 Å². The van der Waals surface area contributed by atoms with E-state index < -0.39 is 0 Å². The van der Waals surface area contributed by atoms with Gasteiger partial charge in [0, 0.05) is 12.5 Å². The maximum Gasteiger partial charge on any atom is 0.223 e. The molecule has 22 heavy (non-hydrogen) atoms. The Morgan fingerprint density at radius 1 is 1.36 bits per heavy atom. The van der Waals surface area contributed by atoms with E-state index in [2.05, 4.69) is 64.2 Å². The van der Waals surface area contributed by atoms with E-state index in [1.165, 1.54) is 24.0 Å². The lowest BCUT2D eigenvalue weighted by molar-refractivity contribution is -0.132. The number of carbonyl (C=O) groups excluding carboxylic acids is 1. The van der Waals surface area contributed by atoms with Crippen LogP contribution in [-0.4, -0.2) is 12.5 Å². The summed E-state index contributed by atoms with van der Waals surface area (Å²) in [6.07, 6.45) is 3.58. The van der Waals surface area contributed by atoms with Crippen molar-refractivity contribution in [1.82, 2.24) is 5.32 Å². The molecule has 2 heteroatoms. The summed E-state index contributed by atoms with van der Waals surface area (Å²) in [4.78, 5) is 12.7. The van der Waals surface area contributed by atoms with Gasteiger partial charge in [0.2, 0.25) is 5.91 Å². The fraction of sp³-hybridized carbons (Fsp3) is 0.650. The van der Waals surface area contributed by atoms with Gasteiger partial charge in [0.15, 0.2) is 0 Å². The lowest BCUT2D eigenvalue weighted by atomic mass is 9.64. The Bertz CT molecular complexity index is 520. The van der Waals surface area contributed by atoms with Gasteiger partial charge in [-0.15, -0.1) is 0 Å². The number of nitrogens with one attached hydrogen (secondary N) is 1. The topological polar surface area (TPSA) is 29.1 Å². The van der Waals surface area contributed by atoms with E-state index in [1.807, 2.05) is 0 Å². The Morgan fingerprint density at radius 3 is 2.68 bits per heavy atom. The van der Waals surface area contributed by atoms with E-state index in [0.717, 1.165) is 13.0 Å². The summed E-state index contributed by atoms with van der Waals surface area (Å²) in [5, 5.41) is 3.22. The van der Waals surface area contributed by atoms with E-state index in [4.69, 9.17) is 0 Å². The molecule has 0 heterocycles. The molecule has 0 radical (unpaired) electrons. The number of hydrogen-bond donors (Lipinski definition) is 1. The van der Waals surface area contributed by atoms with Crippen molar-refractivity contribution >= 4 is 5.91 Å². The molecule has 1 N–H and O–H groups in total. The Morgan fingerprint density at radius 2 is 2.05 bits per heavy atom. The smallest absolute Gasteiger partial charge is 0.223 e. The SMILES string of the molecule is Cc1ccccc1C(C)CNC(=O)C1C(C)CCCC1(C)C. The largest absolute Gasteiger partial charge is 0.355 e. The Balaban J connectivity index is 1.99. The van der Waals surface area contributed by atoms with Crippen molar-refractivity contribution in [2.45, 2.75) is 59.8 Å². The zero-order valence-corrected chi connectivity index (χ0v) is 14.8. The summed E-state index contributed by atoms with van der Waals surface area (Å²) in [5.74, 6) is 1.23. The van der Waals surface area contributed by atoms with Gasteiger partial charge >= 0.3 is 0 Å². The molecule has 2 rings (SSSR count). The van der Waals surface area contributed by atoms with E-state index >= 15 is 0 Å². The standard InChI is InChI=1S/C20H31NO/c1-14-9-6-7-11-17(14)16(3)13-21-19(22)18-15(2)10-8-12-20(18,4)5/h6-7,9,11,15-16,18H,8,10,12-13H2,1-5H3,(H,21,22). The first kappa shape index (κ1) is 17.1. The third-order valence-electron chi connectivity index (χ3n) is 5.48. The van der Waals surface area contributed by atoms with Crippen LogP contribution in [-0.2, 0) is 4.79 Å². The summed E-state index contributed by atoms with van der Waals surface area (Å²) in [5.41, 5.74) is 2.75. The average molecular weight is 301 g/mol. The van der Waals surface area contributed by atoms with E-state index in [-0.39, 0.29) is 17.2 Å².